The minimum Gasteiger partial charge on any atom is -0.337 e. The molecule has 8 heteroatoms. The molecule has 5 nitrogen and oxygen atoms in total. The molecule has 1 amide bonds. The summed E-state index contributed by atoms with van der Waals surface area (Å²) >= 11 is 0. The predicted octanol–water partition coefficient (Wildman–Crippen LogP) is 2.29. The van der Waals surface area contributed by atoms with E-state index in [4.69, 9.17) is 0 Å². The SMILES string of the molecule is CC(=O)N(CCNS(=O)(=O)c1ccc(F)cc1)Cc1ccc(F)cc1. The third-order valence-electron chi connectivity index (χ3n) is 3.53. The van der Waals surface area contributed by atoms with Gasteiger partial charge in [0.15, 0.2) is 0 Å². The molecule has 0 aromatic heterocycles. The van der Waals surface area contributed by atoms with Crippen molar-refractivity contribution < 1.29 is 22.0 Å². The summed E-state index contributed by atoms with van der Waals surface area (Å²) in [5.74, 6) is -1.13. The lowest BCUT2D eigenvalue weighted by Crippen LogP contribution is -2.37. The summed E-state index contributed by atoms with van der Waals surface area (Å²) in [6.45, 7) is 1.76. The largest absolute Gasteiger partial charge is 0.337 e. The minimum absolute atomic E-state index is 0.000481. The standard InChI is InChI=1S/C17H18F2N2O3S/c1-13(22)21(12-14-2-4-15(18)5-3-14)11-10-20-25(23,24)17-8-6-16(19)7-9-17/h2-9,20H,10-12H2,1H3. The monoisotopic (exact) mass is 368 g/mol. The summed E-state index contributed by atoms with van der Waals surface area (Å²) in [7, 11) is -3.78. The summed E-state index contributed by atoms with van der Waals surface area (Å²) in [6, 6.07) is 10.2. The molecule has 2 aromatic rings. The van der Waals surface area contributed by atoms with Gasteiger partial charge in [-0.1, -0.05) is 12.1 Å². The number of halogens is 2. The van der Waals surface area contributed by atoms with E-state index in [0.29, 0.717) is 0 Å². The van der Waals surface area contributed by atoms with Gasteiger partial charge in [-0.3, -0.25) is 4.79 Å². The molecule has 0 unspecified atom stereocenters. The maximum atomic E-state index is 12.9. The van der Waals surface area contributed by atoms with E-state index in [1.54, 1.807) is 12.1 Å². The Morgan fingerprint density at radius 1 is 1.00 bits per heavy atom. The highest BCUT2D eigenvalue weighted by atomic mass is 32.2. The van der Waals surface area contributed by atoms with Gasteiger partial charge in [0.25, 0.3) is 0 Å². The Bertz CT molecular complexity index is 822. The van der Waals surface area contributed by atoms with E-state index in [0.717, 1.165) is 17.7 Å². The zero-order valence-electron chi connectivity index (χ0n) is 13.6. The van der Waals surface area contributed by atoms with Crippen LogP contribution in [0.2, 0.25) is 0 Å². The topological polar surface area (TPSA) is 66.5 Å². The smallest absolute Gasteiger partial charge is 0.240 e. The number of nitrogens with zero attached hydrogens (tertiary/aromatic N) is 1. The molecule has 0 aliphatic rings. The number of amides is 1. The fourth-order valence-corrected chi connectivity index (χ4v) is 3.19. The molecule has 134 valence electrons. The first-order chi connectivity index (χ1) is 11.8. The second kappa shape index (κ2) is 8.17. The number of rotatable bonds is 7. The predicted molar refractivity (Wildman–Crippen MR) is 89.1 cm³/mol. The molecule has 0 bridgehead atoms. The lowest BCUT2D eigenvalue weighted by molar-refractivity contribution is -0.129. The maximum absolute atomic E-state index is 12.9. The normalized spacial score (nSPS) is 11.3. The molecular weight excluding hydrogens is 350 g/mol. The summed E-state index contributed by atoms with van der Waals surface area (Å²) in [6.07, 6.45) is 0. The van der Waals surface area contributed by atoms with E-state index in [9.17, 15) is 22.0 Å². The average molecular weight is 368 g/mol. The van der Waals surface area contributed by atoms with Crippen molar-refractivity contribution in [2.75, 3.05) is 13.1 Å². The van der Waals surface area contributed by atoms with Gasteiger partial charge in [-0.2, -0.15) is 0 Å². The summed E-state index contributed by atoms with van der Waals surface area (Å²) < 4.78 is 52.4. The van der Waals surface area contributed by atoms with Crippen molar-refractivity contribution in [3.8, 4) is 0 Å². The van der Waals surface area contributed by atoms with Crippen molar-refractivity contribution in [1.29, 1.82) is 0 Å². The van der Waals surface area contributed by atoms with Crippen LogP contribution in [0.5, 0.6) is 0 Å². The Morgan fingerprint density at radius 3 is 2.04 bits per heavy atom. The Kier molecular flexibility index (Phi) is 6.22. The first-order valence-corrected chi connectivity index (χ1v) is 9.01. The van der Waals surface area contributed by atoms with Crippen LogP contribution in [-0.2, 0) is 21.4 Å². The minimum atomic E-state index is -3.78. The maximum Gasteiger partial charge on any atom is 0.240 e. The van der Waals surface area contributed by atoms with E-state index in [2.05, 4.69) is 4.72 Å². The zero-order valence-corrected chi connectivity index (χ0v) is 14.4. The van der Waals surface area contributed by atoms with Crippen molar-refractivity contribution in [2.45, 2.75) is 18.4 Å². The van der Waals surface area contributed by atoms with Gasteiger partial charge >= 0.3 is 0 Å². The quantitative estimate of drug-likeness (QED) is 0.815. The third kappa shape index (κ3) is 5.61. The molecule has 0 saturated carbocycles. The van der Waals surface area contributed by atoms with Gasteiger partial charge in [0, 0.05) is 26.6 Å². The second-order valence-electron chi connectivity index (χ2n) is 5.42. The Balaban J connectivity index is 1.95. The van der Waals surface area contributed by atoms with Crippen LogP contribution in [0.25, 0.3) is 0 Å². The van der Waals surface area contributed by atoms with Crippen molar-refractivity contribution in [1.82, 2.24) is 9.62 Å². The van der Waals surface area contributed by atoms with Gasteiger partial charge in [0.1, 0.15) is 11.6 Å². The zero-order chi connectivity index (χ0) is 18.4. The summed E-state index contributed by atoms with van der Waals surface area (Å²) in [4.78, 5) is 13.1. The number of hydrogen-bond acceptors (Lipinski definition) is 3. The molecule has 0 spiro atoms. The number of sulfonamides is 1. The number of carbonyl (C=O) groups is 1. The molecule has 0 saturated heterocycles. The van der Waals surface area contributed by atoms with E-state index in [-0.39, 0.29) is 36.3 Å². The van der Waals surface area contributed by atoms with Gasteiger partial charge in [-0.25, -0.2) is 21.9 Å². The molecule has 0 radical (unpaired) electrons. The van der Waals surface area contributed by atoms with E-state index in [1.165, 1.54) is 36.1 Å². The fraction of sp³-hybridized carbons (Fsp3) is 0.235. The van der Waals surface area contributed by atoms with Gasteiger partial charge in [0.2, 0.25) is 15.9 Å². The van der Waals surface area contributed by atoms with E-state index < -0.39 is 15.8 Å². The van der Waals surface area contributed by atoms with Crippen molar-refractivity contribution >= 4 is 15.9 Å². The van der Waals surface area contributed by atoms with Crippen LogP contribution in [0, 0.1) is 11.6 Å². The molecular formula is C17H18F2N2O3S. The van der Waals surface area contributed by atoms with Gasteiger partial charge in [0.05, 0.1) is 4.90 Å². The average Bonchev–Trinajstić information content (AvgIpc) is 2.56. The highest BCUT2D eigenvalue weighted by molar-refractivity contribution is 7.89. The molecule has 25 heavy (non-hydrogen) atoms. The van der Waals surface area contributed by atoms with Crippen LogP contribution in [0.4, 0.5) is 8.78 Å². The second-order valence-corrected chi connectivity index (χ2v) is 7.19. The molecule has 2 aromatic carbocycles. The number of hydrogen-bond donors (Lipinski definition) is 1. The number of benzene rings is 2. The van der Waals surface area contributed by atoms with Crippen molar-refractivity contribution in [3.05, 3.63) is 65.7 Å². The summed E-state index contributed by atoms with van der Waals surface area (Å²) in [5.41, 5.74) is 0.734. The van der Waals surface area contributed by atoms with Crippen LogP contribution in [0.3, 0.4) is 0 Å². The highest BCUT2D eigenvalue weighted by Crippen LogP contribution is 2.10. The highest BCUT2D eigenvalue weighted by Gasteiger charge is 2.15. The van der Waals surface area contributed by atoms with Crippen LogP contribution in [0.15, 0.2) is 53.4 Å². The van der Waals surface area contributed by atoms with Gasteiger partial charge in [-0.15, -0.1) is 0 Å². The lowest BCUT2D eigenvalue weighted by atomic mass is 10.2. The molecule has 0 fully saturated rings. The number of carbonyl (C=O) groups excluding carboxylic acids is 1. The molecule has 1 N–H and O–H groups in total. The first kappa shape index (κ1) is 19.0. The molecule has 2 rings (SSSR count). The van der Waals surface area contributed by atoms with Gasteiger partial charge < -0.3 is 4.90 Å². The van der Waals surface area contributed by atoms with E-state index in [1.807, 2.05) is 0 Å². The van der Waals surface area contributed by atoms with Gasteiger partial charge in [-0.05, 0) is 42.0 Å². The summed E-state index contributed by atoms with van der Waals surface area (Å²) in [5, 5.41) is 0. The van der Waals surface area contributed by atoms with Crippen LogP contribution < -0.4 is 4.72 Å². The van der Waals surface area contributed by atoms with Crippen LogP contribution >= 0.6 is 0 Å². The van der Waals surface area contributed by atoms with Crippen molar-refractivity contribution in [3.63, 3.8) is 0 Å². The fourth-order valence-electron chi connectivity index (χ4n) is 2.17. The number of nitrogens with one attached hydrogen (secondary N) is 1. The molecule has 0 aliphatic carbocycles. The Labute approximate surface area is 145 Å². The Morgan fingerprint density at radius 2 is 1.52 bits per heavy atom. The van der Waals surface area contributed by atoms with Crippen molar-refractivity contribution in [2.24, 2.45) is 0 Å². The lowest BCUT2D eigenvalue weighted by Gasteiger charge is -2.21. The van der Waals surface area contributed by atoms with E-state index >= 15 is 0 Å². The molecule has 0 heterocycles. The Hall–Kier alpha value is -2.32. The van der Waals surface area contributed by atoms with Crippen LogP contribution in [0.1, 0.15) is 12.5 Å². The molecule has 0 aliphatic heterocycles. The molecule has 0 atom stereocenters. The third-order valence-corrected chi connectivity index (χ3v) is 5.01. The van der Waals surface area contributed by atoms with Crippen LogP contribution in [-0.4, -0.2) is 32.3 Å². The first-order valence-electron chi connectivity index (χ1n) is 7.53.